The SMILES string of the molecule is COc1ccc(NC(N)=NC2CC(c3ccccc3C)C2)cc1. The summed E-state index contributed by atoms with van der Waals surface area (Å²) in [5.41, 5.74) is 9.74. The van der Waals surface area contributed by atoms with Gasteiger partial charge in [0.2, 0.25) is 0 Å². The summed E-state index contributed by atoms with van der Waals surface area (Å²) in [5, 5.41) is 3.13. The molecule has 0 unspecified atom stereocenters. The number of aryl methyl sites for hydroxylation is 1. The van der Waals surface area contributed by atoms with Crippen molar-refractivity contribution in [1.82, 2.24) is 0 Å². The highest BCUT2D eigenvalue weighted by molar-refractivity contribution is 5.92. The van der Waals surface area contributed by atoms with Crippen molar-refractivity contribution >= 4 is 11.6 Å². The minimum Gasteiger partial charge on any atom is -0.497 e. The predicted molar refractivity (Wildman–Crippen MR) is 95.2 cm³/mol. The fourth-order valence-corrected chi connectivity index (χ4v) is 3.04. The number of methoxy groups -OCH3 is 1. The van der Waals surface area contributed by atoms with Crippen LogP contribution in [0.1, 0.15) is 29.9 Å². The van der Waals surface area contributed by atoms with Crippen LogP contribution in [-0.4, -0.2) is 19.1 Å². The lowest BCUT2D eigenvalue weighted by molar-refractivity contribution is 0.352. The van der Waals surface area contributed by atoms with E-state index >= 15 is 0 Å². The molecule has 1 saturated carbocycles. The number of nitrogens with zero attached hydrogens (tertiary/aromatic N) is 1. The first-order chi connectivity index (χ1) is 11.2. The van der Waals surface area contributed by atoms with Gasteiger partial charge in [0, 0.05) is 5.69 Å². The number of rotatable bonds is 4. The van der Waals surface area contributed by atoms with Crippen molar-refractivity contribution in [2.45, 2.75) is 31.7 Å². The number of hydrogen-bond acceptors (Lipinski definition) is 2. The molecule has 0 radical (unpaired) electrons. The van der Waals surface area contributed by atoms with Crippen LogP contribution in [0.3, 0.4) is 0 Å². The Kier molecular flexibility index (Phi) is 4.51. The molecule has 4 nitrogen and oxygen atoms in total. The molecular formula is C19H23N3O. The van der Waals surface area contributed by atoms with Gasteiger partial charge in [-0.2, -0.15) is 0 Å². The second kappa shape index (κ2) is 6.73. The maximum Gasteiger partial charge on any atom is 0.193 e. The first kappa shape index (κ1) is 15.4. The smallest absolute Gasteiger partial charge is 0.193 e. The van der Waals surface area contributed by atoms with Crippen molar-refractivity contribution in [2.24, 2.45) is 10.7 Å². The topological polar surface area (TPSA) is 59.6 Å². The molecule has 1 aliphatic carbocycles. The number of nitrogens with one attached hydrogen (secondary N) is 1. The van der Waals surface area contributed by atoms with E-state index in [2.05, 4.69) is 41.5 Å². The van der Waals surface area contributed by atoms with E-state index < -0.39 is 0 Å². The van der Waals surface area contributed by atoms with E-state index in [1.807, 2.05) is 24.3 Å². The standard InChI is InChI=1S/C19H23N3O/c1-13-5-3-4-6-18(13)14-11-16(12-14)22-19(20)21-15-7-9-17(23-2)10-8-15/h3-10,14,16H,11-12H2,1-2H3,(H3,20,21,22). The van der Waals surface area contributed by atoms with Crippen molar-refractivity contribution in [2.75, 3.05) is 12.4 Å². The molecular weight excluding hydrogens is 286 g/mol. The van der Waals surface area contributed by atoms with Gasteiger partial charge in [0.1, 0.15) is 5.75 Å². The summed E-state index contributed by atoms with van der Waals surface area (Å²) in [6.45, 7) is 2.17. The minimum absolute atomic E-state index is 0.311. The molecule has 0 amide bonds. The molecule has 4 heteroatoms. The quantitative estimate of drug-likeness (QED) is 0.669. The van der Waals surface area contributed by atoms with E-state index in [1.165, 1.54) is 11.1 Å². The van der Waals surface area contributed by atoms with Gasteiger partial charge in [0.25, 0.3) is 0 Å². The second-order valence-electron chi connectivity index (χ2n) is 6.05. The monoisotopic (exact) mass is 309 g/mol. The van der Waals surface area contributed by atoms with Crippen molar-refractivity contribution < 1.29 is 4.74 Å². The predicted octanol–water partition coefficient (Wildman–Crippen LogP) is 3.68. The summed E-state index contributed by atoms with van der Waals surface area (Å²) >= 11 is 0. The van der Waals surface area contributed by atoms with E-state index in [9.17, 15) is 0 Å². The van der Waals surface area contributed by atoms with Crippen LogP contribution in [0.2, 0.25) is 0 Å². The summed E-state index contributed by atoms with van der Waals surface area (Å²) in [4.78, 5) is 4.58. The highest BCUT2D eigenvalue weighted by Gasteiger charge is 2.30. The third-order valence-electron chi connectivity index (χ3n) is 4.43. The Morgan fingerprint density at radius 1 is 1.13 bits per heavy atom. The molecule has 0 aliphatic heterocycles. The second-order valence-corrected chi connectivity index (χ2v) is 6.05. The minimum atomic E-state index is 0.311. The highest BCUT2D eigenvalue weighted by Crippen LogP contribution is 2.40. The summed E-state index contributed by atoms with van der Waals surface area (Å²) in [6, 6.07) is 16.6. The lowest BCUT2D eigenvalue weighted by atomic mass is 9.75. The first-order valence-corrected chi connectivity index (χ1v) is 7.95. The fraction of sp³-hybridized carbons (Fsp3) is 0.316. The normalized spacial score (nSPS) is 20.7. The molecule has 1 fully saturated rings. The van der Waals surface area contributed by atoms with Gasteiger partial charge >= 0.3 is 0 Å². The van der Waals surface area contributed by atoms with Crippen molar-refractivity contribution in [3.63, 3.8) is 0 Å². The van der Waals surface area contributed by atoms with Crippen LogP contribution >= 0.6 is 0 Å². The Bertz CT molecular complexity index is 688. The zero-order valence-corrected chi connectivity index (χ0v) is 13.6. The number of anilines is 1. The zero-order valence-electron chi connectivity index (χ0n) is 13.6. The number of guanidine groups is 1. The number of aliphatic imine (C=N–C) groups is 1. The molecule has 0 bridgehead atoms. The van der Waals surface area contributed by atoms with Crippen LogP contribution in [0, 0.1) is 6.92 Å². The van der Waals surface area contributed by atoms with Gasteiger partial charge in [0.05, 0.1) is 13.2 Å². The molecule has 0 saturated heterocycles. The molecule has 3 rings (SSSR count). The largest absolute Gasteiger partial charge is 0.497 e. The third-order valence-corrected chi connectivity index (χ3v) is 4.43. The summed E-state index contributed by atoms with van der Waals surface area (Å²) in [7, 11) is 1.65. The van der Waals surface area contributed by atoms with Crippen molar-refractivity contribution in [3.8, 4) is 5.75 Å². The Labute approximate surface area is 137 Å². The molecule has 0 atom stereocenters. The summed E-state index contributed by atoms with van der Waals surface area (Å²) in [6.07, 6.45) is 2.13. The van der Waals surface area contributed by atoms with Gasteiger partial charge in [-0.3, -0.25) is 0 Å². The summed E-state index contributed by atoms with van der Waals surface area (Å²) in [5.74, 6) is 1.91. The van der Waals surface area contributed by atoms with Gasteiger partial charge in [0.15, 0.2) is 5.96 Å². The Balaban J connectivity index is 1.55. The van der Waals surface area contributed by atoms with E-state index in [4.69, 9.17) is 10.5 Å². The number of hydrogen-bond donors (Lipinski definition) is 2. The fourth-order valence-electron chi connectivity index (χ4n) is 3.04. The van der Waals surface area contributed by atoms with E-state index in [0.29, 0.717) is 17.9 Å². The van der Waals surface area contributed by atoms with Gasteiger partial charge in [-0.15, -0.1) is 0 Å². The van der Waals surface area contributed by atoms with Crippen LogP contribution < -0.4 is 15.8 Å². The van der Waals surface area contributed by atoms with Crippen LogP contribution in [0.5, 0.6) is 5.75 Å². The molecule has 120 valence electrons. The molecule has 0 aromatic heterocycles. The van der Waals surface area contributed by atoms with Gasteiger partial charge in [-0.25, -0.2) is 4.99 Å². The van der Waals surface area contributed by atoms with Gasteiger partial charge < -0.3 is 15.8 Å². The van der Waals surface area contributed by atoms with E-state index in [0.717, 1.165) is 24.3 Å². The Morgan fingerprint density at radius 2 is 1.83 bits per heavy atom. The van der Waals surface area contributed by atoms with Gasteiger partial charge in [-0.05, 0) is 61.1 Å². The van der Waals surface area contributed by atoms with Crippen LogP contribution in [0.4, 0.5) is 5.69 Å². The summed E-state index contributed by atoms with van der Waals surface area (Å²) < 4.78 is 5.14. The Hall–Kier alpha value is -2.49. The van der Waals surface area contributed by atoms with Crippen LogP contribution in [0.15, 0.2) is 53.5 Å². The average Bonchev–Trinajstić information content (AvgIpc) is 2.52. The van der Waals surface area contributed by atoms with Crippen molar-refractivity contribution in [1.29, 1.82) is 0 Å². The van der Waals surface area contributed by atoms with Crippen molar-refractivity contribution in [3.05, 3.63) is 59.7 Å². The lowest BCUT2D eigenvalue weighted by Gasteiger charge is -2.34. The molecule has 3 N–H and O–H groups in total. The first-order valence-electron chi connectivity index (χ1n) is 7.95. The third kappa shape index (κ3) is 3.65. The molecule has 0 heterocycles. The zero-order chi connectivity index (χ0) is 16.2. The number of nitrogens with two attached hydrogens (primary N) is 1. The molecule has 2 aromatic carbocycles. The van der Waals surface area contributed by atoms with E-state index in [1.54, 1.807) is 7.11 Å². The highest BCUT2D eigenvalue weighted by atomic mass is 16.5. The lowest BCUT2D eigenvalue weighted by Crippen LogP contribution is -2.31. The number of benzene rings is 2. The maximum atomic E-state index is 6.01. The number of ether oxygens (including phenoxy) is 1. The van der Waals surface area contributed by atoms with Crippen LogP contribution in [-0.2, 0) is 0 Å². The average molecular weight is 309 g/mol. The Morgan fingerprint density at radius 3 is 2.48 bits per heavy atom. The molecule has 1 aliphatic rings. The molecule has 23 heavy (non-hydrogen) atoms. The maximum absolute atomic E-state index is 6.01. The van der Waals surface area contributed by atoms with E-state index in [-0.39, 0.29) is 0 Å². The molecule has 0 spiro atoms. The van der Waals surface area contributed by atoms with Crippen LogP contribution in [0.25, 0.3) is 0 Å². The van der Waals surface area contributed by atoms with Gasteiger partial charge in [-0.1, -0.05) is 24.3 Å². The molecule has 2 aromatic rings.